The zero-order valence-electron chi connectivity index (χ0n) is 17.1. The lowest BCUT2D eigenvalue weighted by Gasteiger charge is -2.11. The number of ether oxygens (including phenoxy) is 1. The number of nitrogens with zero attached hydrogens (tertiary/aromatic N) is 1. The lowest BCUT2D eigenvalue weighted by Crippen LogP contribution is -2.22. The third-order valence-electron chi connectivity index (χ3n) is 4.73. The fraction of sp³-hybridized carbons (Fsp3) is 0.0435. The van der Waals surface area contributed by atoms with Crippen molar-refractivity contribution in [2.24, 2.45) is 0 Å². The molecule has 0 spiro atoms. The first kappa shape index (κ1) is 22.4. The Morgan fingerprint density at radius 3 is 2.55 bits per heavy atom. The van der Waals surface area contributed by atoms with Gasteiger partial charge in [0.2, 0.25) is 0 Å². The Labute approximate surface area is 200 Å². The van der Waals surface area contributed by atoms with Crippen LogP contribution in [0.15, 0.2) is 60.7 Å². The summed E-state index contributed by atoms with van der Waals surface area (Å²) in [5.74, 6) is -1.56. The van der Waals surface area contributed by atoms with Gasteiger partial charge in [-0.25, -0.2) is 9.18 Å². The van der Waals surface area contributed by atoms with Crippen molar-refractivity contribution in [3.63, 3.8) is 0 Å². The van der Waals surface area contributed by atoms with Crippen LogP contribution in [-0.4, -0.2) is 34.8 Å². The van der Waals surface area contributed by atoms with E-state index in [0.29, 0.717) is 20.2 Å². The van der Waals surface area contributed by atoms with Crippen molar-refractivity contribution < 1.29 is 23.5 Å². The Hall–Kier alpha value is -3.80. The van der Waals surface area contributed by atoms with Crippen molar-refractivity contribution in [2.75, 3.05) is 12.4 Å². The van der Waals surface area contributed by atoms with E-state index in [2.05, 4.69) is 20.6 Å². The van der Waals surface area contributed by atoms with Crippen LogP contribution in [0.2, 0.25) is 0 Å². The number of imidazole rings is 1. The zero-order valence-corrected chi connectivity index (χ0v) is 19.3. The number of hydrogen-bond donors (Lipinski definition) is 3. The highest BCUT2D eigenvalue weighted by atomic mass is 127. The number of amides is 2. The summed E-state index contributed by atoms with van der Waals surface area (Å²) in [6, 6.07) is 15.6. The Kier molecular flexibility index (Phi) is 6.36. The van der Waals surface area contributed by atoms with Gasteiger partial charge in [-0.15, -0.1) is 0 Å². The van der Waals surface area contributed by atoms with Crippen LogP contribution in [0.1, 0.15) is 26.3 Å². The summed E-state index contributed by atoms with van der Waals surface area (Å²) in [6.45, 7) is 0. The molecule has 1 heterocycles. The number of benzene rings is 3. The third-order valence-corrected chi connectivity index (χ3v) is 5.57. The summed E-state index contributed by atoms with van der Waals surface area (Å²) in [5.41, 5.74) is 1.54. The van der Waals surface area contributed by atoms with E-state index in [9.17, 15) is 18.8 Å². The van der Waals surface area contributed by atoms with Crippen molar-refractivity contribution in [1.82, 2.24) is 15.3 Å². The largest absolute Gasteiger partial charge is 0.414 e. The summed E-state index contributed by atoms with van der Waals surface area (Å²) in [7, 11) is 1.42. The first-order valence-electron chi connectivity index (χ1n) is 9.66. The first-order chi connectivity index (χ1) is 15.9. The summed E-state index contributed by atoms with van der Waals surface area (Å²) in [4.78, 5) is 44.4. The van der Waals surface area contributed by atoms with Gasteiger partial charge in [-0.1, -0.05) is 24.3 Å². The third kappa shape index (κ3) is 4.70. The number of H-pyrrole nitrogens is 1. The molecule has 0 aliphatic carbocycles. The number of rotatable bonds is 5. The minimum Gasteiger partial charge on any atom is -0.375 e. The second-order valence-corrected chi connectivity index (χ2v) is 8.01. The number of anilines is 1. The quantitative estimate of drug-likeness (QED) is 0.247. The van der Waals surface area contributed by atoms with Crippen molar-refractivity contribution in [3.8, 4) is 6.01 Å². The summed E-state index contributed by atoms with van der Waals surface area (Å²) in [5, 5.41) is 4.84. The molecule has 33 heavy (non-hydrogen) atoms. The fourth-order valence-electron chi connectivity index (χ4n) is 3.14. The average molecular weight is 558 g/mol. The van der Waals surface area contributed by atoms with Gasteiger partial charge in [-0.3, -0.25) is 9.59 Å². The number of hydrogen-bond acceptors (Lipinski definition) is 5. The van der Waals surface area contributed by atoms with E-state index in [1.165, 1.54) is 25.2 Å². The number of nitrogens with one attached hydrogen (secondary N) is 3. The van der Waals surface area contributed by atoms with Gasteiger partial charge in [-0.2, -0.15) is 4.98 Å². The highest BCUT2D eigenvalue weighted by molar-refractivity contribution is 14.1. The molecule has 0 bridgehead atoms. The predicted octanol–water partition coefficient (Wildman–Crippen LogP) is 4.51. The van der Waals surface area contributed by atoms with Crippen LogP contribution in [0.4, 0.5) is 14.9 Å². The summed E-state index contributed by atoms with van der Waals surface area (Å²) in [6.07, 6.45) is -0.685. The summed E-state index contributed by atoms with van der Waals surface area (Å²) >= 11 is 1.83. The van der Waals surface area contributed by atoms with Crippen LogP contribution in [0, 0.1) is 9.39 Å². The minimum atomic E-state index is -0.685. The van der Waals surface area contributed by atoms with E-state index >= 15 is 0 Å². The molecule has 0 saturated heterocycles. The molecule has 0 unspecified atom stereocenters. The first-order valence-corrected chi connectivity index (χ1v) is 10.7. The average Bonchev–Trinajstić information content (AvgIpc) is 3.22. The Morgan fingerprint density at radius 1 is 1.03 bits per heavy atom. The SMILES string of the molecule is CNC(=O)Oc1nc2ccc(C(=O)c3ccccc3C(=O)Nc3cccc(I)c3F)cc2[nH]1. The van der Waals surface area contributed by atoms with Gasteiger partial charge in [-0.05, 0) is 59.0 Å². The van der Waals surface area contributed by atoms with Crippen LogP contribution in [0.5, 0.6) is 6.01 Å². The predicted molar refractivity (Wildman–Crippen MR) is 128 cm³/mol. The number of fused-ring (bicyclic) bond motifs is 1. The minimum absolute atomic E-state index is 0.0201. The number of aromatic nitrogens is 2. The van der Waals surface area contributed by atoms with Crippen molar-refractivity contribution in [3.05, 3.63) is 86.7 Å². The molecule has 8 nitrogen and oxygen atoms in total. The lowest BCUT2D eigenvalue weighted by atomic mass is 9.97. The molecule has 2 amide bonds. The van der Waals surface area contributed by atoms with Crippen LogP contribution < -0.4 is 15.4 Å². The molecule has 0 fully saturated rings. The second kappa shape index (κ2) is 9.36. The fourth-order valence-corrected chi connectivity index (χ4v) is 3.64. The number of carbonyl (C=O) groups excluding carboxylic acids is 3. The molecule has 166 valence electrons. The molecule has 3 aromatic carbocycles. The Balaban J connectivity index is 1.64. The van der Waals surface area contributed by atoms with Crippen molar-refractivity contribution in [1.29, 1.82) is 0 Å². The molecule has 0 atom stereocenters. The van der Waals surface area contributed by atoms with Gasteiger partial charge in [0.25, 0.3) is 5.91 Å². The van der Waals surface area contributed by atoms with E-state index in [0.717, 1.165) is 0 Å². The highest BCUT2D eigenvalue weighted by Crippen LogP contribution is 2.23. The topological polar surface area (TPSA) is 113 Å². The van der Waals surface area contributed by atoms with E-state index in [1.807, 2.05) is 22.6 Å². The van der Waals surface area contributed by atoms with Gasteiger partial charge in [0.15, 0.2) is 11.6 Å². The van der Waals surface area contributed by atoms with Gasteiger partial charge >= 0.3 is 12.1 Å². The lowest BCUT2D eigenvalue weighted by molar-refractivity contribution is 0.0996. The van der Waals surface area contributed by atoms with Gasteiger partial charge in [0.1, 0.15) is 0 Å². The van der Waals surface area contributed by atoms with E-state index in [-0.39, 0.29) is 22.8 Å². The molecule has 1 aromatic heterocycles. The molecule has 0 aliphatic rings. The molecule has 0 saturated carbocycles. The van der Waals surface area contributed by atoms with Gasteiger partial charge in [0.05, 0.1) is 25.9 Å². The number of carbonyl (C=O) groups is 3. The monoisotopic (exact) mass is 558 g/mol. The number of aromatic amines is 1. The molecular weight excluding hydrogens is 542 g/mol. The number of halogens is 2. The molecular formula is C23H16FIN4O4. The maximum Gasteiger partial charge on any atom is 0.414 e. The van der Waals surface area contributed by atoms with Crippen LogP contribution in [0.3, 0.4) is 0 Å². The molecule has 3 N–H and O–H groups in total. The van der Waals surface area contributed by atoms with E-state index < -0.39 is 23.6 Å². The standard InChI is InChI=1S/C23H16FIN4O4/c1-26-23(32)33-22-28-16-10-9-12(11-18(16)29-22)20(30)13-5-2-3-6-14(13)21(31)27-17-8-4-7-15(25)19(17)24/h2-11H,1H3,(H,26,32)(H,27,31)(H,28,29). The zero-order chi connectivity index (χ0) is 23.5. The van der Waals surface area contributed by atoms with E-state index in [4.69, 9.17) is 4.74 Å². The molecule has 4 rings (SSSR count). The van der Waals surface area contributed by atoms with Crippen molar-refractivity contribution >= 4 is 57.1 Å². The van der Waals surface area contributed by atoms with Gasteiger partial charge < -0.3 is 20.4 Å². The molecule has 10 heteroatoms. The van der Waals surface area contributed by atoms with Crippen LogP contribution >= 0.6 is 22.6 Å². The second-order valence-electron chi connectivity index (χ2n) is 6.84. The maximum absolute atomic E-state index is 14.3. The smallest absolute Gasteiger partial charge is 0.375 e. The molecule has 4 aromatic rings. The van der Waals surface area contributed by atoms with Crippen LogP contribution in [-0.2, 0) is 0 Å². The van der Waals surface area contributed by atoms with Crippen molar-refractivity contribution in [2.45, 2.75) is 0 Å². The maximum atomic E-state index is 14.3. The Morgan fingerprint density at radius 2 is 1.79 bits per heavy atom. The van der Waals surface area contributed by atoms with Gasteiger partial charge in [0, 0.05) is 18.2 Å². The van der Waals surface area contributed by atoms with E-state index in [1.54, 1.807) is 42.5 Å². The highest BCUT2D eigenvalue weighted by Gasteiger charge is 2.20. The molecule has 0 aliphatic heterocycles. The normalized spacial score (nSPS) is 10.6. The number of ketones is 1. The summed E-state index contributed by atoms with van der Waals surface area (Å²) < 4.78 is 19.7. The Bertz CT molecular complexity index is 1400. The molecule has 0 radical (unpaired) electrons. The van der Waals surface area contributed by atoms with Crippen LogP contribution in [0.25, 0.3) is 11.0 Å².